The molecule has 3 nitrogen and oxygen atoms in total. The Hall–Kier alpha value is -1.03. The number of halogens is 1. The van der Waals surface area contributed by atoms with Gasteiger partial charge in [-0.05, 0) is 47.5 Å². The third-order valence-corrected chi connectivity index (χ3v) is 3.31. The second-order valence-electron chi connectivity index (χ2n) is 3.71. The maximum atomic E-state index is 11.9. The molecular formula is C13H18BrNO2. The predicted molar refractivity (Wildman–Crippen MR) is 72.3 cm³/mol. The number of methoxy groups -OCH3 is 1. The van der Waals surface area contributed by atoms with E-state index in [1.54, 1.807) is 7.11 Å². The third kappa shape index (κ3) is 3.73. The maximum Gasteiger partial charge on any atom is 0.226 e. The first-order valence-corrected chi connectivity index (χ1v) is 6.51. The first-order chi connectivity index (χ1) is 8.12. The van der Waals surface area contributed by atoms with Crippen LogP contribution in [0.5, 0.6) is 5.75 Å². The van der Waals surface area contributed by atoms with Crippen molar-refractivity contribution in [2.24, 2.45) is 0 Å². The largest absolute Gasteiger partial charge is 0.496 e. The molecule has 1 amide bonds. The molecule has 0 saturated carbocycles. The Morgan fingerprint density at radius 3 is 2.47 bits per heavy atom. The number of likely N-dealkylation sites (N-methyl/N-ethyl adjacent to an activating group) is 1. The molecule has 0 aliphatic rings. The molecule has 0 spiro atoms. The lowest BCUT2D eigenvalue weighted by atomic mass is 10.1. The fourth-order valence-electron chi connectivity index (χ4n) is 1.68. The van der Waals surface area contributed by atoms with Crippen LogP contribution in [0.1, 0.15) is 19.4 Å². The summed E-state index contributed by atoms with van der Waals surface area (Å²) in [6, 6.07) is 5.72. The van der Waals surface area contributed by atoms with Gasteiger partial charge in [-0.15, -0.1) is 0 Å². The molecule has 0 radical (unpaired) electrons. The first kappa shape index (κ1) is 14.0. The second-order valence-corrected chi connectivity index (χ2v) is 4.57. The van der Waals surface area contributed by atoms with E-state index in [-0.39, 0.29) is 5.91 Å². The quantitative estimate of drug-likeness (QED) is 0.837. The predicted octanol–water partition coefficient (Wildman–Crippen LogP) is 2.87. The Balaban J connectivity index is 2.75. The Bertz CT molecular complexity index is 389. The van der Waals surface area contributed by atoms with Gasteiger partial charge in [-0.2, -0.15) is 0 Å². The minimum absolute atomic E-state index is 0.159. The van der Waals surface area contributed by atoms with Gasteiger partial charge in [0.05, 0.1) is 18.0 Å². The van der Waals surface area contributed by atoms with E-state index in [2.05, 4.69) is 15.9 Å². The van der Waals surface area contributed by atoms with Crippen LogP contribution in [0.3, 0.4) is 0 Å². The summed E-state index contributed by atoms with van der Waals surface area (Å²) in [5.41, 5.74) is 0.995. The van der Waals surface area contributed by atoms with E-state index >= 15 is 0 Å². The number of nitrogens with zero attached hydrogens (tertiary/aromatic N) is 1. The Morgan fingerprint density at radius 1 is 1.35 bits per heavy atom. The normalized spacial score (nSPS) is 10.1. The number of hydrogen-bond acceptors (Lipinski definition) is 2. The lowest BCUT2D eigenvalue weighted by molar-refractivity contribution is -0.130. The molecule has 0 heterocycles. The van der Waals surface area contributed by atoms with Crippen molar-refractivity contribution in [1.29, 1.82) is 0 Å². The molecule has 4 heteroatoms. The number of benzene rings is 1. The van der Waals surface area contributed by atoms with Gasteiger partial charge >= 0.3 is 0 Å². The molecule has 1 rings (SSSR count). The van der Waals surface area contributed by atoms with Crippen LogP contribution < -0.4 is 4.74 Å². The summed E-state index contributed by atoms with van der Waals surface area (Å²) in [7, 11) is 1.63. The van der Waals surface area contributed by atoms with Crippen molar-refractivity contribution < 1.29 is 9.53 Å². The van der Waals surface area contributed by atoms with Gasteiger partial charge in [-0.25, -0.2) is 0 Å². The highest BCUT2D eigenvalue weighted by molar-refractivity contribution is 9.10. The van der Waals surface area contributed by atoms with Crippen LogP contribution >= 0.6 is 15.9 Å². The van der Waals surface area contributed by atoms with Gasteiger partial charge in [0.2, 0.25) is 5.91 Å². The Labute approximate surface area is 111 Å². The van der Waals surface area contributed by atoms with E-state index in [0.717, 1.165) is 28.9 Å². The summed E-state index contributed by atoms with van der Waals surface area (Å²) in [6.07, 6.45) is 0.435. The molecule has 0 N–H and O–H groups in total. The van der Waals surface area contributed by atoms with Gasteiger partial charge in [-0.3, -0.25) is 4.79 Å². The van der Waals surface area contributed by atoms with Crippen molar-refractivity contribution in [3.8, 4) is 5.75 Å². The van der Waals surface area contributed by atoms with Crippen molar-refractivity contribution in [2.75, 3.05) is 20.2 Å². The van der Waals surface area contributed by atoms with Gasteiger partial charge in [0.15, 0.2) is 0 Å². The number of carbonyl (C=O) groups is 1. The first-order valence-electron chi connectivity index (χ1n) is 5.72. The zero-order valence-corrected chi connectivity index (χ0v) is 12.1. The molecule has 0 bridgehead atoms. The highest BCUT2D eigenvalue weighted by atomic mass is 79.9. The molecule has 0 aliphatic carbocycles. The maximum absolute atomic E-state index is 11.9. The van der Waals surface area contributed by atoms with Gasteiger partial charge in [0.25, 0.3) is 0 Å². The second kappa shape index (κ2) is 6.64. The van der Waals surface area contributed by atoms with Crippen LogP contribution in [0.4, 0.5) is 0 Å². The van der Waals surface area contributed by atoms with Crippen molar-refractivity contribution in [3.05, 3.63) is 28.2 Å². The van der Waals surface area contributed by atoms with Crippen LogP contribution in [0.2, 0.25) is 0 Å². The molecular weight excluding hydrogens is 282 g/mol. The molecule has 1 aromatic carbocycles. The number of carbonyl (C=O) groups excluding carboxylic acids is 1. The van der Waals surface area contributed by atoms with Gasteiger partial charge in [-0.1, -0.05) is 6.07 Å². The van der Waals surface area contributed by atoms with Crippen LogP contribution in [-0.4, -0.2) is 31.0 Å². The Morgan fingerprint density at radius 2 is 2.00 bits per heavy atom. The lowest BCUT2D eigenvalue weighted by Crippen LogP contribution is -2.31. The highest BCUT2D eigenvalue weighted by Gasteiger charge is 2.11. The van der Waals surface area contributed by atoms with Crippen LogP contribution in [-0.2, 0) is 11.2 Å². The topological polar surface area (TPSA) is 29.5 Å². The molecule has 0 atom stereocenters. The fourth-order valence-corrected chi connectivity index (χ4v) is 2.27. The van der Waals surface area contributed by atoms with Crippen molar-refractivity contribution >= 4 is 21.8 Å². The molecule has 0 unspecified atom stereocenters. The summed E-state index contributed by atoms with van der Waals surface area (Å²) in [5, 5.41) is 0. The number of rotatable bonds is 5. The average Bonchev–Trinajstić information content (AvgIpc) is 2.31. The standard InChI is InChI=1S/C13H18BrNO2/c1-4-15(5-2)13(16)9-10-6-7-12(17-3)11(14)8-10/h6-8H,4-5,9H2,1-3H3. The van der Waals surface area contributed by atoms with Crippen molar-refractivity contribution in [1.82, 2.24) is 4.90 Å². The molecule has 1 aromatic rings. The number of ether oxygens (including phenoxy) is 1. The van der Waals surface area contributed by atoms with Gasteiger partial charge in [0.1, 0.15) is 5.75 Å². The number of hydrogen-bond donors (Lipinski definition) is 0. The van der Waals surface area contributed by atoms with E-state index in [4.69, 9.17) is 4.74 Å². The summed E-state index contributed by atoms with van der Waals surface area (Å²) in [6.45, 7) is 5.50. The van der Waals surface area contributed by atoms with Crippen molar-refractivity contribution in [3.63, 3.8) is 0 Å². The molecule has 0 saturated heterocycles. The van der Waals surface area contributed by atoms with E-state index in [1.165, 1.54) is 0 Å². The summed E-state index contributed by atoms with van der Waals surface area (Å²) in [5.74, 6) is 0.941. The monoisotopic (exact) mass is 299 g/mol. The van der Waals surface area contributed by atoms with Crippen LogP contribution in [0, 0.1) is 0 Å². The van der Waals surface area contributed by atoms with E-state index in [1.807, 2.05) is 36.9 Å². The van der Waals surface area contributed by atoms with E-state index in [0.29, 0.717) is 6.42 Å². The van der Waals surface area contributed by atoms with Gasteiger partial charge < -0.3 is 9.64 Å². The molecule has 0 aliphatic heterocycles. The van der Waals surface area contributed by atoms with E-state index in [9.17, 15) is 4.79 Å². The smallest absolute Gasteiger partial charge is 0.226 e. The van der Waals surface area contributed by atoms with E-state index < -0.39 is 0 Å². The zero-order chi connectivity index (χ0) is 12.8. The Kier molecular flexibility index (Phi) is 5.48. The van der Waals surface area contributed by atoms with Crippen LogP contribution in [0.15, 0.2) is 22.7 Å². The number of amides is 1. The molecule has 0 aromatic heterocycles. The van der Waals surface area contributed by atoms with Crippen LogP contribution in [0.25, 0.3) is 0 Å². The molecule has 17 heavy (non-hydrogen) atoms. The third-order valence-electron chi connectivity index (χ3n) is 2.69. The summed E-state index contributed by atoms with van der Waals surface area (Å²) in [4.78, 5) is 13.8. The summed E-state index contributed by atoms with van der Waals surface area (Å²) < 4.78 is 6.03. The lowest BCUT2D eigenvalue weighted by Gasteiger charge is -2.18. The summed E-state index contributed by atoms with van der Waals surface area (Å²) >= 11 is 3.42. The zero-order valence-electron chi connectivity index (χ0n) is 10.5. The highest BCUT2D eigenvalue weighted by Crippen LogP contribution is 2.25. The molecule has 94 valence electrons. The van der Waals surface area contributed by atoms with Gasteiger partial charge in [0, 0.05) is 13.1 Å². The SMILES string of the molecule is CCN(CC)C(=O)Cc1ccc(OC)c(Br)c1. The minimum atomic E-state index is 0.159. The minimum Gasteiger partial charge on any atom is -0.496 e. The van der Waals surface area contributed by atoms with Crippen molar-refractivity contribution in [2.45, 2.75) is 20.3 Å². The fraction of sp³-hybridized carbons (Fsp3) is 0.462. The molecule has 0 fully saturated rings. The average molecular weight is 300 g/mol.